The Bertz CT molecular complexity index is 837. The summed E-state index contributed by atoms with van der Waals surface area (Å²) in [6.45, 7) is 4.40. The number of oxazole rings is 1. The summed E-state index contributed by atoms with van der Waals surface area (Å²) in [5.74, 6) is 1.44. The number of rotatable bonds is 6. The molecule has 0 saturated heterocycles. The first-order chi connectivity index (χ1) is 11.6. The molecule has 0 atom stereocenters. The Balaban J connectivity index is 1.56. The van der Waals surface area contributed by atoms with Gasteiger partial charge in [0.15, 0.2) is 11.5 Å². The van der Waals surface area contributed by atoms with Crippen molar-refractivity contribution in [1.82, 2.24) is 4.98 Å². The minimum Gasteiger partial charge on any atom is -0.494 e. The molecule has 124 valence electrons. The van der Waals surface area contributed by atoms with E-state index in [4.69, 9.17) is 9.15 Å². The molecule has 1 heterocycles. The number of benzene rings is 2. The zero-order chi connectivity index (χ0) is 16.9. The maximum atomic E-state index is 12.1. The maximum absolute atomic E-state index is 12.1. The summed E-state index contributed by atoms with van der Waals surface area (Å²) >= 11 is 0. The van der Waals surface area contributed by atoms with Crippen molar-refractivity contribution in [3.8, 4) is 5.75 Å². The molecule has 1 amide bonds. The van der Waals surface area contributed by atoms with Crippen molar-refractivity contribution in [3.63, 3.8) is 0 Å². The number of hydrogen-bond donors (Lipinski definition) is 1. The van der Waals surface area contributed by atoms with E-state index >= 15 is 0 Å². The van der Waals surface area contributed by atoms with Crippen molar-refractivity contribution in [3.05, 3.63) is 53.9 Å². The molecule has 1 N–H and O–H groups in total. The number of nitrogens with zero attached hydrogens (tertiary/aromatic N) is 1. The van der Waals surface area contributed by atoms with E-state index in [0.29, 0.717) is 30.9 Å². The van der Waals surface area contributed by atoms with Crippen LogP contribution in [0, 0.1) is 6.92 Å². The number of hydrogen-bond acceptors (Lipinski definition) is 4. The molecule has 1 aromatic heterocycles. The third kappa shape index (κ3) is 3.93. The highest BCUT2D eigenvalue weighted by Gasteiger charge is 2.07. The third-order valence-electron chi connectivity index (χ3n) is 3.65. The summed E-state index contributed by atoms with van der Waals surface area (Å²) in [6, 6.07) is 13.3. The van der Waals surface area contributed by atoms with Gasteiger partial charge in [-0.2, -0.15) is 0 Å². The van der Waals surface area contributed by atoms with E-state index in [-0.39, 0.29) is 5.91 Å². The largest absolute Gasteiger partial charge is 0.494 e. The number of aryl methyl sites for hydroxylation is 2. The van der Waals surface area contributed by atoms with Crippen LogP contribution < -0.4 is 10.1 Å². The highest BCUT2D eigenvalue weighted by Crippen LogP contribution is 2.20. The molecule has 0 aliphatic carbocycles. The van der Waals surface area contributed by atoms with Gasteiger partial charge < -0.3 is 14.5 Å². The van der Waals surface area contributed by atoms with Crippen molar-refractivity contribution in [1.29, 1.82) is 0 Å². The second-order valence-electron chi connectivity index (χ2n) is 5.54. The highest BCUT2D eigenvalue weighted by atomic mass is 16.5. The van der Waals surface area contributed by atoms with Crippen molar-refractivity contribution < 1.29 is 13.9 Å². The summed E-state index contributed by atoms with van der Waals surface area (Å²) in [5.41, 5.74) is 3.29. The Morgan fingerprint density at radius 3 is 2.75 bits per heavy atom. The number of ether oxygens (including phenoxy) is 1. The molecule has 5 heteroatoms. The smallest absolute Gasteiger partial charge is 0.224 e. The number of carbonyl (C=O) groups is 1. The molecule has 0 bridgehead atoms. The van der Waals surface area contributed by atoms with Gasteiger partial charge in [0.25, 0.3) is 0 Å². The van der Waals surface area contributed by atoms with E-state index < -0.39 is 0 Å². The molecule has 2 aromatic carbocycles. The average molecular weight is 324 g/mol. The van der Waals surface area contributed by atoms with Crippen molar-refractivity contribution in [2.75, 3.05) is 11.9 Å². The van der Waals surface area contributed by atoms with Gasteiger partial charge in [-0.05, 0) is 43.2 Å². The van der Waals surface area contributed by atoms with E-state index in [0.717, 1.165) is 22.5 Å². The molecule has 0 spiro atoms. The highest BCUT2D eigenvalue weighted by molar-refractivity contribution is 5.92. The molecule has 3 rings (SSSR count). The van der Waals surface area contributed by atoms with Crippen molar-refractivity contribution >= 4 is 22.7 Å². The van der Waals surface area contributed by atoms with Crippen LogP contribution in [0.15, 0.2) is 46.9 Å². The first-order valence-electron chi connectivity index (χ1n) is 8.03. The van der Waals surface area contributed by atoms with Gasteiger partial charge in [-0.15, -0.1) is 0 Å². The molecule has 24 heavy (non-hydrogen) atoms. The summed E-state index contributed by atoms with van der Waals surface area (Å²) < 4.78 is 10.9. The van der Waals surface area contributed by atoms with Crippen LogP contribution in [0.1, 0.15) is 24.8 Å². The fourth-order valence-electron chi connectivity index (χ4n) is 2.52. The lowest BCUT2D eigenvalue weighted by Crippen LogP contribution is -2.12. The molecule has 0 aliphatic heterocycles. The first kappa shape index (κ1) is 16.1. The monoisotopic (exact) mass is 324 g/mol. The van der Waals surface area contributed by atoms with E-state index in [2.05, 4.69) is 10.3 Å². The first-order valence-corrected chi connectivity index (χ1v) is 8.03. The average Bonchev–Trinajstić information content (AvgIpc) is 2.94. The van der Waals surface area contributed by atoms with Crippen molar-refractivity contribution in [2.24, 2.45) is 0 Å². The minimum absolute atomic E-state index is 0.0283. The summed E-state index contributed by atoms with van der Waals surface area (Å²) in [6.07, 6.45) is 1.10. The molecular weight excluding hydrogens is 304 g/mol. The molecule has 5 nitrogen and oxygen atoms in total. The Labute approximate surface area is 140 Å². The summed E-state index contributed by atoms with van der Waals surface area (Å²) in [4.78, 5) is 16.4. The van der Waals surface area contributed by atoms with Gasteiger partial charge in [0.2, 0.25) is 5.91 Å². The van der Waals surface area contributed by atoms with Crippen LogP contribution in [0.5, 0.6) is 5.75 Å². The lowest BCUT2D eigenvalue weighted by Gasteiger charge is -2.06. The van der Waals surface area contributed by atoms with Gasteiger partial charge in [-0.1, -0.05) is 12.1 Å². The number of fused-ring (bicyclic) bond motifs is 1. The maximum Gasteiger partial charge on any atom is 0.224 e. The number of aromatic nitrogens is 1. The molecule has 0 saturated carbocycles. The van der Waals surface area contributed by atoms with Crippen LogP contribution in [-0.4, -0.2) is 17.5 Å². The Hall–Kier alpha value is -2.82. The molecule has 0 unspecified atom stereocenters. The lowest BCUT2D eigenvalue weighted by molar-refractivity contribution is -0.116. The normalized spacial score (nSPS) is 10.8. The van der Waals surface area contributed by atoms with Crippen LogP contribution >= 0.6 is 0 Å². The standard InChI is InChI=1S/C19H20N2O3/c1-3-23-16-8-4-14(5-9-16)6-11-19(22)21-15-7-10-17-18(12-15)24-13(2)20-17/h4-5,7-10,12H,3,6,11H2,1-2H3,(H,21,22). The summed E-state index contributed by atoms with van der Waals surface area (Å²) in [5, 5.41) is 2.89. The predicted molar refractivity (Wildman–Crippen MR) is 93.3 cm³/mol. The van der Waals surface area contributed by atoms with Crippen LogP contribution in [0.4, 0.5) is 5.69 Å². The van der Waals surface area contributed by atoms with Crippen molar-refractivity contribution in [2.45, 2.75) is 26.7 Å². The van der Waals surface area contributed by atoms with E-state index in [9.17, 15) is 4.79 Å². The van der Waals surface area contributed by atoms with Crippen LogP contribution in [0.3, 0.4) is 0 Å². The fraction of sp³-hybridized carbons (Fsp3) is 0.263. The molecule has 0 aliphatic rings. The quantitative estimate of drug-likeness (QED) is 0.741. The second kappa shape index (κ2) is 7.17. The Morgan fingerprint density at radius 1 is 1.21 bits per heavy atom. The van der Waals surface area contributed by atoms with Crippen LogP contribution in [0.2, 0.25) is 0 Å². The van der Waals surface area contributed by atoms with E-state index in [1.165, 1.54) is 0 Å². The zero-order valence-corrected chi connectivity index (χ0v) is 13.8. The third-order valence-corrected chi connectivity index (χ3v) is 3.65. The molecule has 0 radical (unpaired) electrons. The van der Waals surface area contributed by atoms with Gasteiger partial charge in [0.1, 0.15) is 11.3 Å². The molecule has 0 fully saturated rings. The van der Waals surface area contributed by atoms with Gasteiger partial charge >= 0.3 is 0 Å². The van der Waals surface area contributed by atoms with E-state index in [1.54, 1.807) is 13.0 Å². The zero-order valence-electron chi connectivity index (χ0n) is 13.8. The fourth-order valence-corrected chi connectivity index (χ4v) is 2.52. The number of nitrogens with one attached hydrogen (secondary N) is 1. The predicted octanol–water partition coefficient (Wildman–Crippen LogP) is 4.11. The van der Waals surface area contributed by atoms with Crippen LogP contribution in [0.25, 0.3) is 11.1 Å². The number of amides is 1. The topological polar surface area (TPSA) is 64.4 Å². The van der Waals surface area contributed by atoms with Gasteiger partial charge in [0.05, 0.1) is 6.61 Å². The lowest BCUT2D eigenvalue weighted by atomic mass is 10.1. The second-order valence-corrected chi connectivity index (χ2v) is 5.54. The van der Waals surface area contributed by atoms with Gasteiger partial charge in [-0.25, -0.2) is 4.98 Å². The Morgan fingerprint density at radius 2 is 2.00 bits per heavy atom. The minimum atomic E-state index is -0.0283. The van der Waals surface area contributed by atoms with E-state index in [1.807, 2.05) is 43.3 Å². The van der Waals surface area contributed by atoms with Gasteiger partial charge in [0, 0.05) is 25.1 Å². The molecular formula is C19H20N2O3. The number of anilines is 1. The number of carbonyl (C=O) groups excluding carboxylic acids is 1. The molecule has 3 aromatic rings. The Kier molecular flexibility index (Phi) is 4.79. The van der Waals surface area contributed by atoms with Gasteiger partial charge in [-0.3, -0.25) is 4.79 Å². The summed E-state index contributed by atoms with van der Waals surface area (Å²) in [7, 11) is 0. The SMILES string of the molecule is CCOc1ccc(CCC(=O)Nc2ccc3nc(C)oc3c2)cc1. The van der Waals surface area contributed by atoms with Crippen LogP contribution in [-0.2, 0) is 11.2 Å².